The second-order valence-electron chi connectivity index (χ2n) is 14.9. The van der Waals surface area contributed by atoms with E-state index < -0.39 is 10.0 Å². The van der Waals surface area contributed by atoms with Crippen LogP contribution < -0.4 is 0 Å². The van der Waals surface area contributed by atoms with E-state index in [0.29, 0.717) is 10.5 Å². The van der Waals surface area contributed by atoms with E-state index in [0.717, 1.165) is 0 Å². The second-order valence-corrected chi connectivity index (χ2v) is 18.9. The molecule has 2 aliphatic rings. The molecule has 0 N–H and O–H groups in total. The summed E-state index contributed by atoms with van der Waals surface area (Å²) in [5.41, 5.74) is 21.4. The Balaban J connectivity index is 1.82. The van der Waals surface area contributed by atoms with E-state index in [2.05, 4.69) is 132 Å². The maximum Gasteiger partial charge on any atom is 0.0407 e. The summed E-state index contributed by atoms with van der Waals surface area (Å²) in [5.74, 6) is 0. The molecular weight excluding hydrogens is 488 g/mol. The van der Waals surface area contributed by atoms with Gasteiger partial charge >= 0.3 is 0 Å². The summed E-state index contributed by atoms with van der Waals surface area (Å²) in [6.07, 6.45) is 5.29. The number of benzene rings is 3. The van der Waals surface area contributed by atoms with Crippen molar-refractivity contribution in [2.45, 2.75) is 104 Å². The molecule has 0 aromatic heterocycles. The third kappa shape index (κ3) is 4.09. The molecule has 0 radical (unpaired) electrons. The van der Waals surface area contributed by atoms with Gasteiger partial charge in [-0.15, -0.1) is 0 Å². The van der Waals surface area contributed by atoms with Gasteiger partial charge in [0, 0.05) is 10.5 Å². The van der Waals surface area contributed by atoms with E-state index in [4.69, 9.17) is 0 Å². The van der Waals surface area contributed by atoms with E-state index in [1.807, 2.05) is 0 Å². The molecule has 39 heavy (non-hydrogen) atoms. The summed E-state index contributed by atoms with van der Waals surface area (Å²) in [6.45, 7) is 28.3. The summed E-state index contributed by atoms with van der Waals surface area (Å²) in [6, 6.07) is 14.8. The van der Waals surface area contributed by atoms with Crippen molar-refractivity contribution < 1.29 is 0 Å². The minimum absolute atomic E-state index is 0.124. The lowest BCUT2D eigenvalue weighted by Gasteiger charge is -2.46. The van der Waals surface area contributed by atoms with Crippen molar-refractivity contribution in [3.63, 3.8) is 0 Å². The van der Waals surface area contributed by atoms with Gasteiger partial charge in [0.15, 0.2) is 0 Å². The third-order valence-electron chi connectivity index (χ3n) is 10.3. The molecule has 1 unspecified atom stereocenters. The van der Waals surface area contributed by atoms with Crippen LogP contribution in [0.15, 0.2) is 42.0 Å². The van der Waals surface area contributed by atoms with Crippen molar-refractivity contribution in [1.82, 2.24) is 0 Å². The van der Waals surface area contributed by atoms with Crippen molar-refractivity contribution >= 4 is 15.6 Å². The molecule has 208 valence electrons. The molecule has 0 amide bonds. The van der Waals surface area contributed by atoms with Crippen LogP contribution >= 0.6 is 10.0 Å². The second kappa shape index (κ2) is 8.87. The number of fused-ring (bicyclic) bond motifs is 4. The van der Waals surface area contributed by atoms with Crippen LogP contribution in [0.2, 0.25) is 0 Å². The summed E-state index contributed by atoms with van der Waals surface area (Å²) < 4.78 is 0. The maximum absolute atomic E-state index is 2.64. The first-order valence-corrected chi connectivity index (χ1v) is 17.2. The van der Waals surface area contributed by atoms with Gasteiger partial charge < -0.3 is 0 Å². The largest absolute Gasteiger partial charge is 0.225 e. The zero-order valence-corrected chi connectivity index (χ0v) is 27.8. The molecule has 0 spiro atoms. The number of rotatable bonds is 2. The fourth-order valence-electron chi connectivity index (χ4n) is 7.46. The quantitative estimate of drug-likeness (QED) is 0.304. The number of hydrogen-bond donors (Lipinski definition) is 0. The molecule has 0 saturated heterocycles. The van der Waals surface area contributed by atoms with Gasteiger partial charge in [0.1, 0.15) is 0 Å². The van der Waals surface area contributed by atoms with Crippen LogP contribution in [0.25, 0.3) is 16.7 Å². The zero-order valence-electron chi connectivity index (χ0n) is 27.0. The minimum Gasteiger partial charge on any atom is -0.225 e. The summed E-state index contributed by atoms with van der Waals surface area (Å²) >= 11 is 0. The molecule has 0 bridgehead atoms. The Morgan fingerprint density at radius 2 is 1.00 bits per heavy atom. The van der Waals surface area contributed by atoms with Gasteiger partial charge in [0.2, 0.25) is 0 Å². The van der Waals surface area contributed by atoms with Crippen molar-refractivity contribution in [3.05, 3.63) is 97.6 Å². The van der Waals surface area contributed by atoms with Gasteiger partial charge in [0.05, 0.1) is 0 Å². The first kappa shape index (κ1) is 28.3. The normalized spacial score (nSPS) is 17.9. The average molecular weight is 539 g/mol. The molecule has 3 aromatic rings. The fraction of sp³-hybridized carbons (Fsp3) is 0.474. The van der Waals surface area contributed by atoms with Gasteiger partial charge in [0.25, 0.3) is 0 Å². The highest BCUT2D eigenvalue weighted by Gasteiger charge is 2.46. The monoisotopic (exact) mass is 538 g/mol. The van der Waals surface area contributed by atoms with Crippen LogP contribution in [0.1, 0.15) is 122 Å². The molecule has 0 saturated carbocycles. The van der Waals surface area contributed by atoms with Crippen LogP contribution in [-0.4, -0.2) is 12.5 Å². The first-order valence-electron chi connectivity index (χ1n) is 14.7. The molecule has 0 nitrogen and oxygen atoms in total. The summed E-state index contributed by atoms with van der Waals surface area (Å²) in [4.78, 5) is 0. The lowest BCUT2D eigenvalue weighted by molar-refractivity contribution is 0.589. The maximum atomic E-state index is 2.64. The van der Waals surface area contributed by atoms with E-state index in [-0.39, 0.29) is 10.8 Å². The standard InChI is InChI=1S/C38H50S/c1-21-22(2)24(4)34-33(23(21)3)25(5)26(6)35(34)39(13,14)36-31-19-27(37(7,8)9)15-17-29(31)30-18-16-28(20-32(30)36)38(10,11)12/h15-20,35-36H,1-14H3. The topological polar surface area (TPSA) is 0 Å². The summed E-state index contributed by atoms with van der Waals surface area (Å²) in [7, 11) is -1.21. The van der Waals surface area contributed by atoms with Gasteiger partial charge in [-0.3, -0.25) is 0 Å². The first-order chi connectivity index (χ1) is 17.9. The van der Waals surface area contributed by atoms with Crippen LogP contribution in [0, 0.1) is 27.7 Å². The van der Waals surface area contributed by atoms with E-state index >= 15 is 0 Å². The molecule has 1 heteroatoms. The Morgan fingerprint density at radius 1 is 0.564 bits per heavy atom. The molecule has 0 heterocycles. The number of allylic oxidation sites excluding steroid dienone is 1. The molecule has 5 rings (SSSR count). The molecule has 1 atom stereocenters. The van der Waals surface area contributed by atoms with Crippen LogP contribution in [0.4, 0.5) is 0 Å². The Bertz CT molecular complexity index is 1480. The Labute approximate surface area is 240 Å². The van der Waals surface area contributed by atoms with Crippen LogP contribution in [-0.2, 0) is 10.8 Å². The molecule has 0 fully saturated rings. The fourth-order valence-corrected chi connectivity index (χ4v) is 11.4. The smallest absolute Gasteiger partial charge is 0.0407 e. The van der Waals surface area contributed by atoms with E-state index in [9.17, 15) is 0 Å². The molecule has 3 aromatic carbocycles. The molecule has 0 aliphatic heterocycles. The van der Waals surface area contributed by atoms with Crippen molar-refractivity contribution in [1.29, 1.82) is 0 Å². The Morgan fingerprint density at radius 3 is 1.44 bits per heavy atom. The SMILES string of the molecule is CC1=C(C)C(S(C)(C)C2c3cc(C(C)(C)C)ccc3-c3ccc(C(C)(C)C)cc32)c2c(C)c(C)c(C)c(C)c21. The van der Waals surface area contributed by atoms with Crippen molar-refractivity contribution in [2.24, 2.45) is 0 Å². The zero-order chi connectivity index (χ0) is 29.0. The van der Waals surface area contributed by atoms with Gasteiger partial charge in [-0.05, 0) is 137 Å². The highest BCUT2D eigenvalue weighted by atomic mass is 32.3. The van der Waals surface area contributed by atoms with Gasteiger partial charge in [-0.25, -0.2) is 10.0 Å². The van der Waals surface area contributed by atoms with Crippen molar-refractivity contribution in [2.75, 3.05) is 12.5 Å². The summed E-state index contributed by atoms with van der Waals surface area (Å²) in [5, 5.41) is 0.873. The predicted molar refractivity (Wildman–Crippen MR) is 177 cm³/mol. The van der Waals surface area contributed by atoms with E-state index in [1.54, 1.807) is 27.8 Å². The molecular formula is C38H50S. The highest BCUT2D eigenvalue weighted by Crippen LogP contribution is 2.75. The van der Waals surface area contributed by atoms with Crippen LogP contribution in [0.5, 0.6) is 0 Å². The predicted octanol–water partition coefficient (Wildman–Crippen LogP) is 11.2. The van der Waals surface area contributed by atoms with Crippen molar-refractivity contribution in [3.8, 4) is 11.1 Å². The van der Waals surface area contributed by atoms with Crippen LogP contribution in [0.3, 0.4) is 0 Å². The minimum atomic E-state index is -1.21. The lowest BCUT2D eigenvalue weighted by Crippen LogP contribution is -2.19. The van der Waals surface area contributed by atoms with Gasteiger partial charge in [-0.2, -0.15) is 0 Å². The molecule has 2 aliphatic carbocycles. The number of hydrogen-bond acceptors (Lipinski definition) is 0. The lowest BCUT2D eigenvalue weighted by atomic mass is 9.85. The Hall–Kier alpha value is -2.25. The van der Waals surface area contributed by atoms with Gasteiger partial charge in [-0.1, -0.05) is 83.5 Å². The third-order valence-corrected chi connectivity index (χ3v) is 13.8. The average Bonchev–Trinajstić information content (AvgIpc) is 3.32. The van der Waals surface area contributed by atoms with E-state index in [1.165, 1.54) is 50.1 Å². The Kier molecular flexibility index (Phi) is 6.44. The highest BCUT2D eigenvalue weighted by molar-refractivity contribution is 8.33.